The average molecular weight is 553 g/mol. The molecule has 1 unspecified atom stereocenters. The number of aromatic nitrogens is 2. The first-order valence-electron chi connectivity index (χ1n) is 12.3. The van der Waals surface area contributed by atoms with Crippen LogP contribution in [0.3, 0.4) is 0 Å². The van der Waals surface area contributed by atoms with Gasteiger partial charge in [-0.05, 0) is 36.5 Å². The lowest BCUT2D eigenvalue weighted by Gasteiger charge is -2.22. The fraction of sp³-hybridized carbons (Fsp3) is 0.286. The molecule has 3 heterocycles. The van der Waals surface area contributed by atoms with Gasteiger partial charge in [-0.1, -0.05) is 42.5 Å². The molecular formula is C28H26F2N4O2S2. The van der Waals surface area contributed by atoms with Gasteiger partial charge in [0.15, 0.2) is 5.13 Å². The van der Waals surface area contributed by atoms with E-state index in [1.54, 1.807) is 35.2 Å². The van der Waals surface area contributed by atoms with Gasteiger partial charge < -0.3 is 4.90 Å². The summed E-state index contributed by atoms with van der Waals surface area (Å²) >= 11 is 2.82. The van der Waals surface area contributed by atoms with E-state index in [0.717, 1.165) is 42.3 Å². The van der Waals surface area contributed by atoms with Crippen molar-refractivity contribution in [2.45, 2.75) is 38.0 Å². The fourth-order valence-electron chi connectivity index (χ4n) is 4.61. The number of amides is 2. The van der Waals surface area contributed by atoms with E-state index in [1.807, 2.05) is 23.1 Å². The Morgan fingerprint density at radius 2 is 1.84 bits per heavy atom. The molecule has 2 amide bonds. The van der Waals surface area contributed by atoms with Gasteiger partial charge in [-0.3, -0.25) is 14.9 Å². The number of anilines is 1. The molecule has 1 fully saturated rings. The van der Waals surface area contributed by atoms with Crippen molar-refractivity contribution >= 4 is 39.6 Å². The van der Waals surface area contributed by atoms with Crippen molar-refractivity contribution in [3.05, 3.63) is 87.3 Å². The number of rotatable bonds is 6. The predicted molar refractivity (Wildman–Crippen MR) is 146 cm³/mol. The molecular weight excluding hydrogens is 526 g/mol. The first-order valence-corrected chi connectivity index (χ1v) is 14.1. The zero-order chi connectivity index (χ0) is 26.7. The average Bonchev–Trinajstić information content (AvgIpc) is 3.56. The van der Waals surface area contributed by atoms with Crippen molar-refractivity contribution in [3.8, 4) is 11.1 Å². The minimum absolute atomic E-state index is 0.0605. The molecule has 0 saturated carbocycles. The summed E-state index contributed by atoms with van der Waals surface area (Å²) in [5, 5.41) is 7.75. The van der Waals surface area contributed by atoms with Gasteiger partial charge in [-0.15, -0.1) is 22.7 Å². The Hall–Kier alpha value is -3.50. The van der Waals surface area contributed by atoms with E-state index in [1.165, 1.54) is 34.8 Å². The molecule has 1 aliphatic rings. The van der Waals surface area contributed by atoms with Crippen molar-refractivity contribution < 1.29 is 18.4 Å². The number of carbonyl (C=O) groups excluding carboxylic acids is 2. The Morgan fingerprint density at radius 3 is 2.58 bits per heavy atom. The molecule has 1 saturated heterocycles. The van der Waals surface area contributed by atoms with E-state index >= 15 is 0 Å². The number of nitrogens with zero attached hydrogens (tertiary/aromatic N) is 3. The molecule has 0 bridgehead atoms. The maximum atomic E-state index is 13.7. The van der Waals surface area contributed by atoms with E-state index in [9.17, 15) is 18.4 Å². The van der Waals surface area contributed by atoms with Crippen molar-refractivity contribution in [1.29, 1.82) is 0 Å². The van der Waals surface area contributed by atoms with Gasteiger partial charge in [-0.25, -0.2) is 18.7 Å². The molecule has 0 radical (unpaired) electrons. The highest BCUT2D eigenvalue weighted by molar-refractivity contribution is 7.13. The predicted octanol–water partition coefficient (Wildman–Crippen LogP) is 7.04. The summed E-state index contributed by atoms with van der Waals surface area (Å²) in [6.07, 6.45) is 4.07. The number of likely N-dealkylation sites (tertiary alicyclic amines) is 1. The normalized spacial score (nSPS) is 16.2. The molecule has 38 heavy (non-hydrogen) atoms. The van der Waals surface area contributed by atoms with E-state index < -0.39 is 5.92 Å². The zero-order valence-corrected chi connectivity index (χ0v) is 22.3. The number of hydrogen-bond donors (Lipinski definition) is 1. The van der Waals surface area contributed by atoms with Crippen molar-refractivity contribution in [3.63, 3.8) is 0 Å². The molecule has 196 valence electrons. The lowest BCUT2D eigenvalue weighted by Crippen LogP contribution is -2.32. The van der Waals surface area contributed by atoms with Crippen LogP contribution in [0.1, 0.15) is 63.5 Å². The Morgan fingerprint density at radius 1 is 1.05 bits per heavy atom. The van der Waals surface area contributed by atoms with Crippen LogP contribution in [0.2, 0.25) is 0 Å². The Bertz CT molecular complexity index is 1420. The number of hydrogen-bond acceptors (Lipinski definition) is 6. The van der Waals surface area contributed by atoms with Crippen LogP contribution in [0.25, 0.3) is 11.1 Å². The van der Waals surface area contributed by atoms with Crippen LogP contribution in [0.15, 0.2) is 65.5 Å². The minimum atomic E-state index is -2.92. The van der Waals surface area contributed by atoms with Crippen molar-refractivity contribution in [2.75, 3.05) is 18.4 Å². The quantitative estimate of drug-likeness (QED) is 0.278. The highest BCUT2D eigenvalue weighted by Crippen LogP contribution is 2.33. The maximum absolute atomic E-state index is 13.7. The van der Waals surface area contributed by atoms with Crippen LogP contribution < -0.4 is 5.32 Å². The van der Waals surface area contributed by atoms with Crippen molar-refractivity contribution in [2.24, 2.45) is 0 Å². The van der Waals surface area contributed by atoms with Crippen molar-refractivity contribution in [1.82, 2.24) is 14.9 Å². The molecule has 0 spiro atoms. The van der Waals surface area contributed by atoms with Gasteiger partial charge in [-0.2, -0.15) is 0 Å². The van der Waals surface area contributed by atoms with Crippen LogP contribution in [0.4, 0.5) is 13.9 Å². The summed E-state index contributed by atoms with van der Waals surface area (Å²) in [6.45, 7) is 2.06. The SMILES string of the molecule is CC(F)(F)c1ccc(-c2ccccc2C(=O)N2CCCC(c3nc(C(=O)Nc4nccs4)cs3)CC2)cc1. The fourth-order valence-corrected chi connectivity index (χ4v) is 6.10. The first kappa shape index (κ1) is 26.1. The molecule has 5 rings (SSSR count). The molecule has 1 aliphatic heterocycles. The topological polar surface area (TPSA) is 75.2 Å². The molecule has 1 atom stereocenters. The third-order valence-electron chi connectivity index (χ3n) is 6.63. The van der Waals surface area contributed by atoms with Crippen LogP contribution >= 0.6 is 22.7 Å². The molecule has 0 aliphatic carbocycles. The highest BCUT2D eigenvalue weighted by Gasteiger charge is 2.27. The smallest absolute Gasteiger partial charge is 0.276 e. The second kappa shape index (κ2) is 11.1. The van der Waals surface area contributed by atoms with Gasteiger partial charge in [0.05, 0.1) is 5.01 Å². The third kappa shape index (κ3) is 5.81. The lowest BCUT2D eigenvalue weighted by atomic mass is 9.97. The summed E-state index contributed by atoms with van der Waals surface area (Å²) < 4.78 is 27.3. The highest BCUT2D eigenvalue weighted by atomic mass is 32.1. The number of halogens is 2. The summed E-state index contributed by atoms with van der Waals surface area (Å²) in [5.74, 6) is -3.11. The lowest BCUT2D eigenvalue weighted by molar-refractivity contribution is 0.0175. The van der Waals surface area contributed by atoms with Crippen LogP contribution in [0.5, 0.6) is 0 Å². The standard InChI is InChI=1S/C28H26F2N4O2S2/c1-28(29,30)20-10-8-18(9-11-20)21-6-2-3-7-22(21)26(36)34-14-4-5-19(12-15-34)25-32-23(17-38-25)24(35)33-27-31-13-16-37-27/h2-3,6-11,13,16-17,19H,4-5,12,14-15H2,1H3,(H,31,33,35). The Labute approximate surface area is 227 Å². The van der Waals surface area contributed by atoms with Gasteiger partial charge in [0.25, 0.3) is 17.7 Å². The molecule has 10 heteroatoms. The summed E-state index contributed by atoms with van der Waals surface area (Å²) in [7, 11) is 0. The summed E-state index contributed by atoms with van der Waals surface area (Å²) in [6, 6.07) is 13.4. The van der Waals surface area contributed by atoms with Crippen LogP contribution in [-0.4, -0.2) is 39.8 Å². The molecule has 6 nitrogen and oxygen atoms in total. The number of nitrogens with one attached hydrogen (secondary N) is 1. The Kier molecular flexibility index (Phi) is 7.62. The Balaban J connectivity index is 1.27. The molecule has 2 aromatic carbocycles. The second-order valence-electron chi connectivity index (χ2n) is 9.29. The van der Waals surface area contributed by atoms with Gasteiger partial charge in [0.1, 0.15) is 5.69 Å². The number of alkyl halides is 2. The minimum Gasteiger partial charge on any atom is -0.339 e. The van der Waals surface area contributed by atoms with Crippen LogP contribution in [0, 0.1) is 0 Å². The van der Waals surface area contributed by atoms with E-state index in [-0.39, 0.29) is 23.3 Å². The van der Waals surface area contributed by atoms with Gasteiger partial charge in [0.2, 0.25) is 0 Å². The van der Waals surface area contributed by atoms with Crippen LogP contribution in [-0.2, 0) is 5.92 Å². The summed E-state index contributed by atoms with van der Waals surface area (Å²) in [5.41, 5.74) is 2.31. The van der Waals surface area contributed by atoms with Gasteiger partial charge in [0, 0.05) is 54.0 Å². The number of thiazole rings is 2. The van der Waals surface area contributed by atoms with E-state index in [0.29, 0.717) is 29.5 Å². The zero-order valence-electron chi connectivity index (χ0n) is 20.7. The first-order chi connectivity index (χ1) is 18.3. The molecule has 4 aromatic rings. The molecule has 2 aromatic heterocycles. The summed E-state index contributed by atoms with van der Waals surface area (Å²) in [4.78, 5) is 36.6. The third-order valence-corrected chi connectivity index (χ3v) is 8.33. The van der Waals surface area contributed by atoms with E-state index in [4.69, 9.17) is 0 Å². The number of benzene rings is 2. The second-order valence-corrected chi connectivity index (χ2v) is 11.1. The van der Waals surface area contributed by atoms with E-state index in [2.05, 4.69) is 15.3 Å². The number of carbonyl (C=O) groups is 2. The largest absolute Gasteiger partial charge is 0.339 e. The molecule has 1 N–H and O–H groups in total. The monoisotopic (exact) mass is 552 g/mol. The maximum Gasteiger partial charge on any atom is 0.276 e. The van der Waals surface area contributed by atoms with Gasteiger partial charge >= 0.3 is 0 Å².